The van der Waals surface area contributed by atoms with Crippen LogP contribution in [-0.4, -0.2) is 14.2 Å². The van der Waals surface area contributed by atoms with Crippen molar-refractivity contribution in [3.8, 4) is 23.8 Å². The normalized spacial score (nSPS) is 9.47. The van der Waals surface area contributed by atoms with Gasteiger partial charge >= 0.3 is 0 Å². The van der Waals surface area contributed by atoms with Crippen molar-refractivity contribution >= 4 is 0 Å². The van der Waals surface area contributed by atoms with Crippen molar-refractivity contribution in [2.75, 3.05) is 14.2 Å². The largest absolute Gasteiger partial charge is 0.496 e. The van der Waals surface area contributed by atoms with Crippen LogP contribution in [0.2, 0.25) is 0 Å². The number of ether oxygens (including phenoxy) is 2. The van der Waals surface area contributed by atoms with Crippen molar-refractivity contribution < 1.29 is 9.47 Å². The van der Waals surface area contributed by atoms with Crippen LogP contribution in [0, 0.1) is 19.3 Å². The Kier molecular flexibility index (Phi) is 4.05. The molecule has 2 heteroatoms. The SMILES string of the molecule is C#CCCc1cc(OC)c(C)cc1OC. The lowest BCUT2D eigenvalue weighted by molar-refractivity contribution is 0.396. The van der Waals surface area contributed by atoms with E-state index in [0.717, 1.165) is 29.0 Å². The fourth-order valence-corrected chi connectivity index (χ4v) is 1.52. The second kappa shape index (κ2) is 5.31. The molecule has 1 rings (SSSR count). The van der Waals surface area contributed by atoms with Crippen molar-refractivity contribution in [1.82, 2.24) is 0 Å². The van der Waals surface area contributed by atoms with Gasteiger partial charge in [-0.3, -0.25) is 0 Å². The highest BCUT2D eigenvalue weighted by molar-refractivity contribution is 5.46. The van der Waals surface area contributed by atoms with E-state index in [0.29, 0.717) is 6.42 Å². The van der Waals surface area contributed by atoms with Crippen LogP contribution in [0.4, 0.5) is 0 Å². The highest BCUT2D eigenvalue weighted by atomic mass is 16.5. The van der Waals surface area contributed by atoms with E-state index in [1.54, 1.807) is 14.2 Å². The number of hydrogen-bond acceptors (Lipinski definition) is 2. The molecule has 0 unspecified atom stereocenters. The lowest BCUT2D eigenvalue weighted by Gasteiger charge is -2.12. The summed E-state index contributed by atoms with van der Waals surface area (Å²) < 4.78 is 10.6. The van der Waals surface area contributed by atoms with Crippen LogP contribution in [0.3, 0.4) is 0 Å². The van der Waals surface area contributed by atoms with E-state index >= 15 is 0 Å². The van der Waals surface area contributed by atoms with Crippen molar-refractivity contribution in [1.29, 1.82) is 0 Å². The van der Waals surface area contributed by atoms with Crippen LogP contribution in [-0.2, 0) is 6.42 Å². The second-order valence-corrected chi connectivity index (χ2v) is 3.34. The summed E-state index contributed by atoms with van der Waals surface area (Å²) in [6, 6.07) is 3.97. The van der Waals surface area contributed by atoms with Gasteiger partial charge in [0, 0.05) is 6.42 Å². The molecular weight excluding hydrogens is 188 g/mol. The van der Waals surface area contributed by atoms with Gasteiger partial charge in [-0.2, -0.15) is 0 Å². The summed E-state index contributed by atoms with van der Waals surface area (Å²) in [5.74, 6) is 4.38. The quantitative estimate of drug-likeness (QED) is 0.702. The van der Waals surface area contributed by atoms with Gasteiger partial charge in [0.1, 0.15) is 11.5 Å². The van der Waals surface area contributed by atoms with E-state index in [9.17, 15) is 0 Å². The summed E-state index contributed by atoms with van der Waals surface area (Å²) in [6.45, 7) is 1.99. The number of methoxy groups -OCH3 is 2. The summed E-state index contributed by atoms with van der Waals surface area (Å²) in [6.07, 6.45) is 6.77. The molecule has 0 aromatic heterocycles. The van der Waals surface area contributed by atoms with Crippen molar-refractivity contribution in [2.45, 2.75) is 19.8 Å². The minimum absolute atomic E-state index is 0.711. The van der Waals surface area contributed by atoms with E-state index < -0.39 is 0 Å². The summed E-state index contributed by atoms with van der Waals surface area (Å²) in [7, 11) is 3.33. The molecule has 2 nitrogen and oxygen atoms in total. The molecule has 0 bridgehead atoms. The first-order valence-corrected chi connectivity index (χ1v) is 4.88. The van der Waals surface area contributed by atoms with Crippen LogP contribution >= 0.6 is 0 Å². The minimum atomic E-state index is 0.711. The predicted octanol–water partition coefficient (Wildman–Crippen LogP) is 2.58. The van der Waals surface area contributed by atoms with Crippen molar-refractivity contribution in [3.05, 3.63) is 23.3 Å². The molecule has 0 amide bonds. The topological polar surface area (TPSA) is 18.5 Å². The van der Waals surface area contributed by atoms with Crippen LogP contribution in [0.5, 0.6) is 11.5 Å². The minimum Gasteiger partial charge on any atom is -0.496 e. The zero-order chi connectivity index (χ0) is 11.3. The molecule has 15 heavy (non-hydrogen) atoms. The second-order valence-electron chi connectivity index (χ2n) is 3.34. The Labute approximate surface area is 91.2 Å². The first-order chi connectivity index (χ1) is 7.22. The first-order valence-electron chi connectivity index (χ1n) is 4.88. The molecule has 0 aliphatic carbocycles. The third-order valence-electron chi connectivity index (χ3n) is 2.34. The number of aryl methyl sites for hydroxylation is 2. The maximum atomic E-state index is 5.30. The molecule has 0 saturated heterocycles. The van der Waals surface area contributed by atoms with Gasteiger partial charge in [-0.15, -0.1) is 12.3 Å². The third-order valence-corrected chi connectivity index (χ3v) is 2.34. The summed E-state index contributed by atoms with van der Waals surface area (Å²) in [5.41, 5.74) is 2.16. The van der Waals surface area contributed by atoms with Gasteiger partial charge in [-0.25, -0.2) is 0 Å². The Morgan fingerprint density at radius 3 is 2.40 bits per heavy atom. The maximum absolute atomic E-state index is 5.30. The van der Waals surface area contributed by atoms with E-state index in [2.05, 4.69) is 5.92 Å². The molecule has 0 saturated carbocycles. The Bertz CT molecular complexity index is 375. The highest BCUT2D eigenvalue weighted by Crippen LogP contribution is 2.28. The number of hydrogen-bond donors (Lipinski definition) is 0. The molecule has 0 atom stereocenters. The monoisotopic (exact) mass is 204 g/mol. The maximum Gasteiger partial charge on any atom is 0.122 e. The molecule has 0 aliphatic rings. The molecule has 80 valence electrons. The summed E-state index contributed by atoms with van der Waals surface area (Å²) in [4.78, 5) is 0. The smallest absolute Gasteiger partial charge is 0.122 e. The molecule has 0 spiro atoms. The Morgan fingerprint density at radius 2 is 1.87 bits per heavy atom. The van der Waals surface area contributed by atoms with Gasteiger partial charge in [0.2, 0.25) is 0 Å². The zero-order valence-electron chi connectivity index (χ0n) is 9.46. The molecule has 0 heterocycles. The predicted molar refractivity (Wildman–Crippen MR) is 61.4 cm³/mol. The van der Waals surface area contributed by atoms with Gasteiger partial charge in [0.25, 0.3) is 0 Å². The zero-order valence-corrected chi connectivity index (χ0v) is 9.46. The van der Waals surface area contributed by atoms with Gasteiger partial charge in [0.15, 0.2) is 0 Å². The molecule has 0 fully saturated rings. The molecule has 0 N–H and O–H groups in total. The molecular formula is C13H16O2. The molecule has 0 radical (unpaired) electrons. The van der Waals surface area contributed by atoms with Crippen LogP contribution in [0.1, 0.15) is 17.5 Å². The van der Waals surface area contributed by atoms with E-state index in [4.69, 9.17) is 15.9 Å². The lowest BCUT2D eigenvalue weighted by Crippen LogP contribution is -1.96. The Hall–Kier alpha value is -1.62. The molecule has 1 aromatic rings. The van der Waals surface area contributed by atoms with Gasteiger partial charge in [-0.05, 0) is 36.6 Å². The highest BCUT2D eigenvalue weighted by Gasteiger charge is 2.07. The van der Waals surface area contributed by atoms with E-state index in [-0.39, 0.29) is 0 Å². The fourth-order valence-electron chi connectivity index (χ4n) is 1.52. The molecule has 0 aliphatic heterocycles. The lowest BCUT2D eigenvalue weighted by atomic mass is 10.1. The van der Waals surface area contributed by atoms with Crippen LogP contribution in [0.15, 0.2) is 12.1 Å². The Morgan fingerprint density at radius 1 is 1.20 bits per heavy atom. The number of rotatable bonds is 4. The van der Waals surface area contributed by atoms with Crippen LogP contribution in [0.25, 0.3) is 0 Å². The summed E-state index contributed by atoms with van der Waals surface area (Å²) >= 11 is 0. The first kappa shape index (κ1) is 11.5. The van der Waals surface area contributed by atoms with Crippen LogP contribution < -0.4 is 9.47 Å². The van der Waals surface area contributed by atoms with E-state index in [1.165, 1.54) is 0 Å². The van der Waals surface area contributed by atoms with E-state index in [1.807, 2.05) is 19.1 Å². The van der Waals surface area contributed by atoms with Gasteiger partial charge in [-0.1, -0.05) is 0 Å². The number of terminal acetylenes is 1. The van der Waals surface area contributed by atoms with Crippen molar-refractivity contribution in [3.63, 3.8) is 0 Å². The molecule has 1 aromatic carbocycles. The van der Waals surface area contributed by atoms with Crippen molar-refractivity contribution in [2.24, 2.45) is 0 Å². The van der Waals surface area contributed by atoms with Gasteiger partial charge in [0.05, 0.1) is 14.2 Å². The summed E-state index contributed by atoms with van der Waals surface area (Å²) in [5, 5.41) is 0. The average molecular weight is 204 g/mol. The fraction of sp³-hybridized carbons (Fsp3) is 0.385. The van der Waals surface area contributed by atoms with Gasteiger partial charge < -0.3 is 9.47 Å². The standard InChI is InChI=1S/C13H16O2/c1-5-6-7-11-9-12(14-3)10(2)8-13(11)15-4/h1,8-9H,6-7H2,2-4H3. The average Bonchev–Trinajstić information content (AvgIpc) is 2.26. The third kappa shape index (κ3) is 2.66. The Balaban J connectivity index is 3.06. The number of benzene rings is 1.